The molecule has 0 aromatic carbocycles. The van der Waals surface area contributed by atoms with E-state index in [2.05, 4.69) is 29.1 Å². The fourth-order valence-electron chi connectivity index (χ4n) is 4.17. The molecule has 0 N–H and O–H groups in total. The van der Waals surface area contributed by atoms with Gasteiger partial charge in [0.25, 0.3) is 0 Å². The molecule has 8 heteroatoms. The summed E-state index contributed by atoms with van der Waals surface area (Å²) in [6.45, 7) is 6.03. The van der Waals surface area contributed by atoms with Gasteiger partial charge < -0.3 is 4.74 Å². The zero-order chi connectivity index (χ0) is 18.6. The Morgan fingerprint density at radius 2 is 2.11 bits per heavy atom. The number of hydrogen-bond donors (Lipinski definition) is 0. The third-order valence-corrected chi connectivity index (χ3v) is 6.85. The number of aromatic nitrogens is 3. The lowest BCUT2D eigenvalue weighted by atomic mass is 10.0. The van der Waals surface area contributed by atoms with Crippen molar-refractivity contribution in [2.75, 3.05) is 13.1 Å². The number of fused-ring (bicyclic) bond motifs is 1. The van der Waals surface area contributed by atoms with E-state index in [-0.39, 0.29) is 5.60 Å². The van der Waals surface area contributed by atoms with Gasteiger partial charge in [0.15, 0.2) is 5.82 Å². The monoisotopic (exact) mass is 388 g/mol. The molecule has 1 aliphatic carbocycles. The van der Waals surface area contributed by atoms with Gasteiger partial charge in [0.05, 0.1) is 6.54 Å². The Balaban J connectivity index is 1.35. The van der Waals surface area contributed by atoms with E-state index >= 15 is 0 Å². The summed E-state index contributed by atoms with van der Waals surface area (Å²) in [6.07, 6.45) is 3.10. The van der Waals surface area contributed by atoms with E-state index in [0.29, 0.717) is 31.4 Å². The molecule has 7 nitrogen and oxygen atoms in total. The molecule has 3 aliphatic rings. The molecule has 2 aliphatic heterocycles. The molecule has 0 radical (unpaired) electrons. The maximum absolute atomic E-state index is 12.7. The van der Waals surface area contributed by atoms with E-state index in [1.54, 1.807) is 4.57 Å². The summed E-state index contributed by atoms with van der Waals surface area (Å²) >= 11 is 1.82. The minimum Gasteiger partial charge on any atom is -0.364 e. The standard InChI is InChI=1S/C19H24N4O3S/c1-13-2-5-15(27-13)9-21-7-6-19(11-21)12-22-16(10-26-19)20-23(8-14-3-4-14)18(25)17(22)24/h2,5,14H,3-4,6-12H2,1H3/t19-/m0/s1. The van der Waals surface area contributed by atoms with Gasteiger partial charge in [-0.25, -0.2) is 4.68 Å². The second kappa shape index (κ2) is 6.39. The number of aryl methyl sites for hydroxylation is 1. The Kier molecular flexibility index (Phi) is 4.10. The molecule has 144 valence electrons. The van der Waals surface area contributed by atoms with Crippen LogP contribution in [0.4, 0.5) is 0 Å². The van der Waals surface area contributed by atoms with Gasteiger partial charge >= 0.3 is 11.1 Å². The van der Waals surface area contributed by atoms with Crippen LogP contribution in [0.2, 0.25) is 0 Å². The Morgan fingerprint density at radius 1 is 1.26 bits per heavy atom. The fraction of sp³-hybridized carbons (Fsp3) is 0.632. The molecule has 5 rings (SSSR count). The highest BCUT2D eigenvalue weighted by Crippen LogP contribution is 2.33. The maximum Gasteiger partial charge on any atom is 0.332 e. The molecule has 2 aromatic rings. The third-order valence-electron chi connectivity index (χ3n) is 5.86. The molecule has 1 atom stereocenters. The lowest BCUT2D eigenvalue weighted by Gasteiger charge is -2.35. The van der Waals surface area contributed by atoms with Gasteiger partial charge in [0, 0.05) is 35.9 Å². The minimum absolute atomic E-state index is 0.298. The summed E-state index contributed by atoms with van der Waals surface area (Å²) in [5.74, 6) is 1.08. The number of nitrogens with zero attached hydrogens (tertiary/aromatic N) is 4. The van der Waals surface area contributed by atoms with Gasteiger partial charge in [-0.15, -0.1) is 11.3 Å². The van der Waals surface area contributed by atoms with E-state index in [9.17, 15) is 9.59 Å². The van der Waals surface area contributed by atoms with Crippen LogP contribution in [0.5, 0.6) is 0 Å². The summed E-state index contributed by atoms with van der Waals surface area (Å²) in [5, 5.41) is 4.43. The molecule has 1 saturated carbocycles. The van der Waals surface area contributed by atoms with Crippen molar-refractivity contribution < 1.29 is 4.74 Å². The first-order valence-electron chi connectivity index (χ1n) is 9.64. The number of thiophene rings is 1. The summed E-state index contributed by atoms with van der Waals surface area (Å²) in [7, 11) is 0. The number of rotatable bonds is 4. The average Bonchev–Trinajstić information content (AvgIpc) is 3.26. The SMILES string of the molecule is Cc1ccc(CN2CC[C@]3(C2)Cn2c(nn(CC4CC4)c(=O)c2=O)CO3)s1. The first-order valence-corrected chi connectivity index (χ1v) is 10.5. The Labute approximate surface area is 161 Å². The molecule has 27 heavy (non-hydrogen) atoms. The summed E-state index contributed by atoms with van der Waals surface area (Å²) in [4.78, 5) is 30.2. The van der Waals surface area contributed by atoms with E-state index in [0.717, 1.165) is 38.9 Å². The number of likely N-dealkylation sites (tertiary alicyclic amines) is 1. The van der Waals surface area contributed by atoms with Crippen molar-refractivity contribution >= 4 is 11.3 Å². The predicted molar refractivity (Wildman–Crippen MR) is 102 cm³/mol. The van der Waals surface area contributed by atoms with Gasteiger partial charge in [0.2, 0.25) is 0 Å². The summed E-state index contributed by atoms with van der Waals surface area (Å²) < 4.78 is 9.14. The zero-order valence-corrected chi connectivity index (χ0v) is 16.3. The molecule has 1 saturated heterocycles. The van der Waals surface area contributed by atoms with E-state index < -0.39 is 11.1 Å². The van der Waals surface area contributed by atoms with Crippen molar-refractivity contribution in [2.24, 2.45) is 5.92 Å². The van der Waals surface area contributed by atoms with Crippen molar-refractivity contribution in [2.45, 2.75) is 58.0 Å². The lowest BCUT2D eigenvalue weighted by Crippen LogP contribution is -2.53. The summed E-state index contributed by atoms with van der Waals surface area (Å²) in [5.41, 5.74) is -1.33. The van der Waals surface area contributed by atoms with Crippen LogP contribution in [0.15, 0.2) is 21.7 Å². The second-order valence-corrected chi connectivity index (χ2v) is 9.56. The van der Waals surface area contributed by atoms with Crippen LogP contribution < -0.4 is 11.1 Å². The van der Waals surface area contributed by atoms with Crippen molar-refractivity contribution in [1.82, 2.24) is 19.2 Å². The number of ether oxygens (including phenoxy) is 1. The smallest absolute Gasteiger partial charge is 0.332 e. The van der Waals surface area contributed by atoms with E-state index in [4.69, 9.17) is 4.74 Å². The van der Waals surface area contributed by atoms with Crippen LogP contribution in [0, 0.1) is 12.8 Å². The van der Waals surface area contributed by atoms with Crippen LogP contribution in [0.25, 0.3) is 0 Å². The highest BCUT2D eigenvalue weighted by Gasteiger charge is 2.43. The molecule has 1 spiro atoms. The molecular formula is C19H24N4O3S. The number of hydrogen-bond acceptors (Lipinski definition) is 6. The predicted octanol–water partition coefficient (Wildman–Crippen LogP) is 1.36. The lowest BCUT2D eigenvalue weighted by molar-refractivity contribution is -0.0859. The van der Waals surface area contributed by atoms with E-state index in [1.165, 1.54) is 14.4 Å². The average molecular weight is 388 g/mol. The molecule has 0 amide bonds. The van der Waals surface area contributed by atoms with Crippen LogP contribution in [-0.2, 0) is 31.0 Å². The summed E-state index contributed by atoms with van der Waals surface area (Å²) in [6, 6.07) is 4.33. The highest BCUT2D eigenvalue weighted by atomic mass is 32.1. The highest BCUT2D eigenvalue weighted by molar-refractivity contribution is 7.11. The van der Waals surface area contributed by atoms with Gasteiger partial charge in [-0.2, -0.15) is 5.10 Å². The molecule has 4 heterocycles. The van der Waals surface area contributed by atoms with Crippen molar-refractivity contribution in [1.29, 1.82) is 0 Å². The van der Waals surface area contributed by atoms with Gasteiger partial charge in [-0.1, -0.05) is 0 Å². The van der Waals surface area contributed by atoms with Crippen LogP contribution >= 0.6 is 11.3 Å². The molecule has 2 aromatic heterocycles. The second-order valence-electron chi connectivity index (χ2n) is 8.18. The largest absolute Gasteiger partial charge is 0.364 e. The topological polar surface area (TPSA) is 69.4 Å². The van der Waals surface area contributed by atoms with Gasteiger partial charge in [-0.3, -0.25) is 19.1 Å². The van der Waals surface area contributed by atoms with Crippen molar-refractivity contribution in [3.05, 3.63) is 48.4 Å². The normalized spacial score (nSPS) is 25.2. The fourth-order valence-corrected chi connectivity index (χ4v) is 5.10. The van der Waals surface area contributed by atoms with Gasteiger partial charge in [0.1, 0.15) is 12.2 Å². The van der Waals surface area contributed by atoms with Crippen molar-refractivity contribution in [3.63, 3.8) is 0 Å². The molecule has 0 bridgehead atoms. The molecule has 0 unspecified atom stereocenters. The van der Waals surface area contributed by atoms with Crippen LogP contribution in [-0.4, -0.2) is 37.9 Å². The third kappa shape index (κ3) is 3.30. The maximum atomic E-state index is 12.7. The minimum atomic E-state index is -0.494. The van der Waals surface area contributed by atoms with Crippen LogP contribution in [0.1, 0.15) is 34.8 Å². The Bertz CT molecular complexity index is 990. The van der Waals surface area contributed by atoms with Crippen molar-refractivity contribution in [3.8, 4) is 0 Å². The van der Waals surface area contributed by atoms with Crippen LogP contribution in [0.3, 0.4) is 0 Å². The Hall–Kier alpha value is -1.77. The van der Waals surface area contributed by atoms with E-state index in [1.807, 2.05) is 11.3 Å². The first kappa shape index (κ1) is 17.3. The zero-order valence-electron chi connectivity index (χ0n) is 15.5. The molecule has 2 fully saturated rings. The first-order chi connectivity index (χ1) is 13.0. The Morgan fingerprint density at radius 3 is 2.85 bits per heavy atom. The quantitative estimate of drug-likeness (QED) is 0.740. The molecular weight excluding hydrogens is 364 g/mol. The van der Waals surface area contributed by atoms with Gasteiger partial charge in [-0.05, 0) is 44.2 Å².